The van der Waals surface area contributed by atoms with Crippen molar-refractivity contribution in [2.24, 2.45) is 0 Å². The molecule has 0 heterocycles. The quantitative estimate of drug-likeness (QED) is 0.648. The van der Waals surface area contributed by atoms with E-state index in [0.29, 0.717) is 17.1 Å². The van der Waals surface area contributed by atoms with Crippen LogP contribution >= 0.6 is 0 Å². The number of ketones is 1. The monoisotopic (exact) mass is 330 g/mol. The molecule has 0 saturated heterocycles. The summed E-state index contributed by atoms with van der Waals surface area (Å²) < 4.78 is 15.2. The zero-order chi connectivity index (χ0) is 17.7. The lowest BCUT2D eigenvalue weighted by Crippen LogP contribution is -2.14. The van der Waals surface area contributed by atoms with Crippen molar-refractivity contribution >= 4 is 11.8 Å². The number of hydrogen-bond acceptors (Lipinski definition) is 6. The fraction of sp³-hybridized carbons (Fsp3) is 0.222. The molecule has 0 aliphatic carbocycles. The number of phenolic OH excluding ortho intramolecular Hbond substituents is 1. The van der Waals surface area contributed by atoms with Crippen LogP contribution in [0.15, 0.2) is 36.4 Å². The molecule has 24 heavy (non-hydrogen) atoms. The van der Waals surface area contributed by atoms with Crippen LogP contribution in [0.4, 0.5) is 0 Å². The van der Waals surface area contributed by atoms with E-state index in [1.54, 1.807) is 25.1 Å². The van der Waals surface area contributed by atoms with Crippen LogP contribution in [0.2, 0.25) is 0 Å². The highest BCUT2D eigenvalue weighted by Gasteiger charge is 2.16. The van der Waals surface area contributed by atoms with Crippen molar-refractivity contribution < 1.29 is 28.9 Å². The van der Waals surface area contributed by atoms with Gasteiger partial charge >= 0.3 is 5.97 Å². The van der Waals surface area contributed by atoms with Gasteiger partial charge in [-0.1, -0.05) is 11.6 Å². The summed E-state index contributed by atoms with van der Waals surface area (Å²) in [5.74, 6) is -0.438. The van der Waals surface area contributed by atoms with E-state index in [1.807, 2.05) is 0 Å². The number of Topliss-reactive ketones (excluding diaryl/α,β-unsaturated/α-hetero) is 1. The molecule has 6 nitrogen and oxygen atoms in total. The van der Waals surface area contributed by atoms with E-state index < -0.39 is 18.4 Å². The van der Waals surface area contributed by atoms with Gasteiger partial charge in [-0.05, 0) is 37.3 Å². The molecule has 0 spiro atoms. The first-order chi connectivity index (χ1) is 11.5. The Bertz CT molecular complexity index is 766. The lowest BCUT2D eigenvalue weighted by Gasteiger charge is -2.10. The van der Waals surface area contributed by atoms with Crippen molar-refractivity contribution in [2.45, 2.75) is 6.92 Å². The molecule has 0 amide bonds. The van der Waals surface area contributed by atoms with Crippen LogP contribution in [0.25, 0.3) is 0 Å². The van der Waals surface area contributed by atoms with Crippen LogP contribution < -0.4 is 9.47 Å². The summed E-state index contributed by atoms with van der Waals surface area (Å²) in [7, 11) is 2.96. The zero-order valence-electron chi connectivity index (χ0n) is 13.7. The number of benzene rings is 2. The highest BCUT2D eigenvalue weighted by Crippen LogP contribution is 2.27. The molecule has 0 saturated carbocycles. The van der Waals surface area contributed by atoms with E-state index in [0.717, 1.165) is 5.56 Å². The van der Waals surface area contributed by atoms with Gasteiger partial charge in [0.2, 0.25) is 0 Å². The van der Waals surface area contributed by atoms with Gasteiger partial charge in [0.05, 0.1) is 14.2 Å². The van der Waals surface area contributed by atoms with E-state index in [2.05, 4.69) is 0 Å². The Morgan fingerprint density at radius 3 is 2.38 bits per heavy atom. The zero-order valence-corrected chi connectivity index (χ0v) is 13.7. The highest BCUT2D eigenvalue weighted by molar-refractivity contribution is 6.00. The van der Waals surface area contributed by atoms with E-state index in [1.165, 1.54) is 32.4 Å². The molecule has 0 aliphatic heterocycles. The molecule has 0 aliphatic rings. The summed E-state index contributed by atoms with van der Waals surface area (Å²) in [4.78, 5) is 24.2. The second kappa shape index (κ2) is 7.50. The van der Waals surface area contributed by atoms with Crippen molar-refractivity contribution in [2.75, 3.05) is 20.8 Å². The number of phenols is 1. The van der Waals surface area contributed by atoms with Gasteiger partial charge in [0, 0.05) is 5.56 Å². The largest absolute Gasteiger partial charge is 0.507 e. The molecule has 6 heteroatoms. The molecule has 2 aromatic rings. The molecular formula is C18H18O6. The first kappa shape index (κ1) is 17.3. The van der Waals surface area contributed by atoms with Crippen LogP contribution in [-0.2, 0) is 4.74 Å². The van der Waals surface area contributed by atoms with Gasteiger partial charge in [-0.3, -0.25) is 4.79 Å². The van der Waals surface area contributed by atoms with Gasteiger partial charge in [0.15, 0.2) is 23.9 Å². The predicted molar refractivity (Wildman–Crippen MR) is 87.0 cm³/mol. The molecule has 0 bridgehead atoms. The van der Waals surface area contributed by atoms with Gasteiger partial charge in [-0.25, -0.2) is 4.79 Å². The lowest BCUT2D eigenvalue weighted by atomic mass is 10.1. The van der Waals surface area contributed by atoms with Crippen molar-refractivity contribution in [3.8, 4) is 17.2 Å². The Morgan fingerprint density at radius 1 is 1.00 bits per heavy atom. The molecule has 0 radical (unpaired) electrons. The Kier molecular flexibility index (Phi) is 5.42. The normalized spacial score (nSPS) is 10.1. The summed E-state index contributed by atoms with van der Waals surface area (Å²) in [6.07, 6.45) is 0. The molecular weight excluding hydrogens is 312 g/mol. The second-order valence-electron chi connectivity index (χ2n) is 5.09. The smallest absolute Gasteiger partial charge is 0.342 e. The van der Waals surface area contributed by atoms with E-state index in [-0.39, 0.29) is 11.3 Å². The van der Waals surface area contributed by atoms with Crippen LogP contribution in [0.3, 0.4) is 0 Å². The maximum atomic E-state index is 12.2. The minimum absolute atomic E-state index is 0.0233. The fourth-order valence-corrected chi connectivity index (χ4v) is 2.12. The van der Waals surface area contributed by atoms with E-state index in [9.17, 15) is 14.7 Å². The third kappa shape index (κ3) is 3.84. The highest BCUT2D eigenvalue weighted by atomic mass is 16.5. The van der Waals surface area contributed by atoms with Gasteiger partial charge in [-0.2, -0.15) is 0 Å². The number of carbonyl (C=O) groups excluding carboxylic acids is 2. The Hall–Kier alpha value is -3.02. The van der Waals surface area contributed by atoms with Crippen LogP contribution in [0.1, 0.15) is 26.3 Å². The molecule has 0 fully saturated rings. The molecule has 126 valence electrons. The molecule has 0 aromatic heterocycles. The maximum absolute atomic E-state index is 12.2. The average Bonchev–Trinajstić information content (AvgIpc) is 2.60. The Balaban J connectivity index is 2.07. The molecule has 0 unspecified atom stereocenters. The van der Waals surface area contributed by atoms with E-state index >= 15 is 0 Å². The van der Waals surface area contributed by atoms with Gasteiger partial charge in [0.1, 0.15) is 11.3 Å². The minimum Gasteiger partial charge on any atom is -0.507 e. The average molecular weight is 330 g/mol. The van der Waals surface area contributed by atoms with Crippen molar-refractivity contribution in [3.05, 3.63) is 53.1 Å². The molecule has 2 aromatic carbocycles. The Labute approximate surface area is 139 Å². The lowest BCUT2D eigenvalue weighted by molar-refractivity contribution is 0.0471. The van der Waals surface area contributed by atoms with E-state index in [4.69, 9.17) is 14.2 Å². The summed E-state index contributed by atoms with van der Waals surface area (Å²) in [6, 6.07) is 9.24. The van der Waals surface area contributed by atoms with Crippen LogP contribution in [0.5, 0.6) is 17.2 Å². The minimum atomic E-state index is -0.759. The second-order valence-corrected chi connectivity index (χ2v) is 5.09. The van der Waals surface area contributed by atoms with Crippen molar-refractivity contribution in [3.63, 3.8) is 0 Å². The molecule has 2 rings (SSSR count). The third-order valence-corrected chi connectivity index (χ3v) is 3.41. The predicted octanol–water partition coefficient (Wildman–Crippen LogP) is 2.76. The standard InChI is InChI=1S/C18H18O6/c1-11-4-6-14(19)13(8-11)18(21)24-10-15(20)12-5-7-16(22-2)17(9-12)23-3/h4-9,19H,10H2,1-3H3. The summed E-state index contributed by atoms with van der Waals surface area (Å²) in [5, 5.41) is 9.70. The van der Waals surface area contributed by atoms with Crippen LogP contribution in [0, 0.1) is 6.92 Å². The Morgan fingerprint density at radius 2 is 1.71 bits per heavy atom. The van der Waals surface area contributed by atoms with Crippen molar-refractivity contribution in [1.29, 1.82) is 0 Å². The first-order valence-corrected chi connectivity index (χ1v) is 7.18. The van der Waals surface area contributed by atoms with Crippen molar-refractivity contribution in [1.82, 2.24) is 0 Å². The SMILES string of the molecule is COc1ccc(C(=O)COC(=O)c2cc(C)ccc2O)cc1OC. The number of hydrogen-bond donors (Lipinski definition) is 1. The summed E-state index contributed by atoms with van der Waals surface area (Å²) >= 11 is 0. The number of esters is 1. The number of ether oxygens (including phenoxy) is 3. The maximum Gasteiger partial charge on any atom is 0.342 e. The van der Waals surface area contributed by atoms with Crippen LogP contribution in [-0.4, -0.2) is 37.7 Å². The fourth-order valence-electron chi connectivity index (χ4n) is 2.12. The molecule has 1 N–H and O–H groups in total. The number of rotatable bonds is 6. The molecule has 0 atom stereocenters. The number of carbonyl (C=O) groups is 2. The number of aryl methyl sites for hydroxylation is 1. The van der Waals surface area contributed by atoms with Gasteiger partial charge in [-0.15, -0.1) is 0 Å². The van der Waals surface area contributed by atoms with Gasteiger partial charge < -0.3 is 19.3 Å². The summed E-state index contributed by atoms with van der Waals surface area (Å²) in [5.41, 5.74) is 1.15. The first-order valence-electron chi connectivity index (χ1n) is 7.18. The third-order valence-electron chi connectivity index (χ3n) is 3.41. The van der Waals surface area contributed by atoms with Gasteiger partial charge in [0.25, 0.3) is 0 Å². The number of methoxy groups -OCH3 is 2. The number of aromatic hydroxyl groups is 1. The topological polar surface area (TPSA) is 82.1 Å². The summed E-state index contributed by atoms with van der Waals surface area (Å²) in [6.45, 7) is 1.34.